The Morgan fingerprint density at radius 1 is 1.42 bits per heavy atom. The van der Waals surface area contributed by atoms with Crippen LogP contribution in [0.4, 0.5) is 0 Å². The van der Waals surface area contributed by atoms with Gasteiger partial charge in [-0.25, -0.2) is 0 Å². The summed E-state index contributed by atoms with van der Waals surface area (Å²) in [5.74, 6) is 0. The van der Waals surface area contributed by atoms with Crippen LogP contribution in [0.2, 0.25) is 0 Å². The van der Waals surface area contributed by atoms with E-state index in [1.54, 1.807) is 0 Å². The maximum atomic E-state index is 3.33. The monoisotopic (exact) mass is 163 g/mol. The van der Waals surface area contributed by atoms with Gasteiger partial charge in [-0.3, -0.25) is 10.3 Å². The molecule has 2 nitrogen and oxygen atoms in total. The van der Waals surface area contributed by atoms with E-state index in [1.807, 2.05) is 6.34 Å². The van der Waals surface area contributed by atoms with Crippen LogP contribution in [0.25, 0.3) is 0 Å². The third-order valence-electron chi connectivity index (χ3n) is 2.85. The van der Waals surface area contributed by atoms with Gasteiger partial charge in [0.1, 0.15) is 0 Å². The van der Waals surface area contributed by atoms with Crippen molar-refractivity contribution in [1.82, 2.24) is 5.32 Å². The minimum absolute atomic E-state index is 0.0869. The zero-order valence-electron chi connectivity index (χ0n) is 7.81. The van der Waals surface area contributed by atoms with E-state index in [0.717, 1.165) is 0 Å². The van der Waals surface area contributed by atoms with Crippen molar-refractivity contribution in [2.75, 3.05) is 0 Å². The molecule has 64 valence electrons. The third-order valence-corrected chi connectivity index (χ3v) is 2.85. The molecule has 12 heavy (non-hydrogen) atoms. The molecule has 0 saturated heterocycles. The van der Waals surface area contributed by atoms with E-state index in [4.69, 9.17) is 0 Å². The van der Waals surface area contributed by atoms with Gasteiger partial charge >= 0.3 is 0 Å². The zero-order valence-corrected chi connectivity index (χ0v) is 7.81. The van der Waals surface area contributed by atoms with Gasteiger partial charge in [0.25, 0.3) is 0 Å². The molecule has 0 spiro atoms. The first-order valence-corrected chi connectivity index (χ1v) is 4.35. The van der Waals surface area contributed by atoms with Crippen molar-refractivity contribution < 1.29 is 4.99 Å². The molecule has 0 bridgehead atoms. The molecule has 0 aromatic rings. The Hall–Kier alpha value is -1.05. The summed E-state index contributed by atoms with van der Waals surface area (Å²) in [5.41, 5.74) is 2.84. The lowest BCUT2D eigenvalue weighted by molar-refractivity contribution is -0.480. The van der Waals surface area contributed by atoms with Crippen LogP contribution in [-0.2, 0) is 0 Å². The second kappa shape index (κ2) is 2.22. The molecule has 2 heteroatoms. The maximum Gasteiger partial charge on any atom is 0.231 e. The predicted molar refractivity (Wildman–Crippen MR) is 49.9 cm³/mol. The van der Waals surface area contributed by atoms with E-state index in [1.165, 1.54) is 11.1 Å². The molecule has 1 heterocycles. The standard InChI is InChI=1S/C10H14N2/c1-7-4-9-10(3,5-8(7)2)12-6-11-9/h4-6,9H,1-3H3,(H,11,12)/p+1. The van der Waals surface area contributed by atoms with Gasteiger partial charge in [-0.1, -0.05) is 0 Å². The van der Waals surface area contributed by atoms with E-state index < -0.39 is 0 Å². The highest BCUT2D eigenvalue weighted by Crippen LogP contribution is 2.24. The normalized spacial score (nSPS) is 38.4. The highest BCUT2D eigenvalue weighted by molar-refractivity contribution is 5.55. The number of hydrogen-bond donors (Lipinski definition) is 2. The molecule has 2 atom stereocenters. The maximum absolute atomic E-state index is 3.33. The van der Waals surface area contributed by atoms with Gasteiger partial charge in [0.15, 0.2) is 11.6 Å². The molecule has 1 aliphatic heterocycles. The van der Waals surface area contributed by atoms with Crippen LogP contribution < -0.4 is 10.3 Å². The lowest BCUT2D eigenvalue weighted by Gasteiger charge is -2.25. The molecule has 2 rings (SSSR count). The van der Waals surface area contributed by atoms with Crippen LogP contribution in [-0.4, -0.2) is 17.9 Å². The van der Waals surface area contributed by atoms with Crippen molar-refractivity contribution in [2.24, 2.45) is 0 Å². The summed E-state index contributed by atoms with van der Waals surface area (Å²) < 4.78 is 0. The highest BCUT2D eigenvalue weighted by Gasteiger charge is 2.41. The summed E-state index contributed by atoms with van der Waals surface area (Å²) in [7, 11) is 0. The van der Waals surface area contributed by atoms with Crippen LogP contribution >= 0.6 is 0 Å². The van der Waals surface area contributed by atoms with E-state index in [0.29, 0.717) is 6.04 Å². The summed E-state index contributed by atoms with van der Waals surface area (Å²) in [6.07, 6.45) is 6.51. The van der Waals surface area contributed by atoms with Crippen LogP contribution in [0.3, 0.4) is 0 Å². The highest BCUT2D eigenvalue weighted by atomic mass is 15.1. The zero-order chi connectivity index (χ0) is 8.77. The smallest absolute Gasteiger partial charge is 0.231 e. The Morgan fingerprint density at radius 2 is 2.17 bits per heavy atom. The summed E-state index contributed by atoms with van der Waals surface area (Å²) in [5, 5.41) is 3.33. The van der Waals surface area contributed by atoms with Gasteiger partial charge in [-0.05, 0) is 44.1 Å². The Labute approximate surface area is 73.1 Å². The fourth-order valence-electron chi connectivity index (χ4n) is 1.85. The summed E-state index contributed by atoms with van der Waals surface area (Å²) in [4.78, 5) is 3.29. The number of fused-ring (bicyclic) bond motifs is 1. The van der Waals surface area contributed by atoms with Gasteiger partial charge < -0.3 is 0 Å². The second-order valence-corrected chi connectivity index (χ2v) is 3.89. The Kier molecular flexibility index (Phi) is 1.40. The molecule has 2 aliphatic rings. The van der Waals surface area contributed by atoms with Crippen molar-refractivity contribution in [3.05, 3.63) is 23.3 Å². The van der Waals surface area contributed by atoms with Crippen molar-refractivity contribution in [1.29, 1.82) is 0 Å². The minimum atomic E-state index is 0.0869. The van der Waals surface area contributed by atoms with Crippen LogP contribution in [0.5, 0.6) is 0 Å². The lowest BCUT2D eigenvalue weighted by Crippen LogP contribution is -2.77. The van der Waals surface area contributed by atoms with E-state index in [9.17, 15) is 0 Å². The van der Waals surface area contributed by atoms with E-state index in [-0.39, 0.29) is 5.54 Å². The molecule has 0 saturated carbocycles. The van der Waals surface area contributed by atoms with E-state index >= 15 is 0 Å². The van der Waals surface area contributed by atoms with Gasteiger partial charge in [0, 0.05) is 0 Å². The van der Waals surface area contributed by atoms with Gasteiger partial charge in [-0.15, -0.1) is 0 Å². The third kappa shape index (κ3) is 0.909. The molecular weight excluding hydrogens is 148 g/mol. The first kappa shape index (κ1) is 7.59. The Morgan fingerprint density at radius 3 is 2.92 bits per heavy atom. The molecule has 2 unspecified atom stereocenters. The van der Waals surface area contributed by atoms with Crippen LogP contribution in [0, 0.1) is 0 Å². The topological polar surface area (TPSA) is 26.0 Å². The van der Waals surface area contributed by atoms with Crippen molar-refractivity contribution >= 4 is 6.34 Å². The van der Waals surface area contributed by atoms with Crippen molar-refractivity contribution in [3.63, 3.8) is 0 Å². The molecule has 0 aromatic carbocycles. The largest absolute Gasteiger partial charge is 0.270 e. The average molecular weight is 163 g/mol. The Balaban J connectivity index is 2.41. The number of hydrogen-bond acceptors (Lipinski definition) is 1. The molecular formula is C10H15N2+. The SMILES string of the molecule is CC1=CC2[NH+]=CNC2(C)C=C1C. The molecule has 0 aromatic heterocycles. The van der Waals surface area contributed by atoms with E-state index in [2.05, 4.69) is 43.2 Å². The fourth-order valence-corrected chi connectivity index (χ4v) is 1.85. The molecule has 0 radical (unpaired) electrons. The average Bonchev–Trinajstić information content (AvgIpc) is 2.32. The first-order chi connectivity index (χ1) is 5.62. The van der Waals surface area contributed by atoms with Crippen molar-refractivity contribution in [3.8, 4) is 0 Å². The van der Waals surface area contributed by atoms with Crippen molar-refractivity contribution in [2.45, 2.75) is 32.4 Å². The number of rotatable bonds is 0. The Bertz CT molecular complexity index is 299. The quantitative estimate of drug-likeness (QED) is 0.505. The summed E-state index contributed by atoms with van der Waals surface area (Å²) in [6.45, 7) is 6.53. The summed E-state index contributed by atoms with van der Waals surface area (Å²) in [6, 6.07) is 0.418. The molecule has 0 amide bonds. The number of nitrogens with one attached hydrogen (secondary N) is 2. The second-order valence-electron chi connectivity index (χ2n) is 3.89. The fraction of sp³-hybridized carbons (Fsp3) is 0.500. The molecule has 0 fully saturated rings. The van der Waals surface area contributed by atoms with Crippen LogP contribution in [0.15, 0.2) is 23.3 Å². The molecule has 1 aliphatic carbocycles. The lowest BCUT2D eigenvalue weighted by atomic mass is 9.84. The summed E-state index contributed by atoms with van der Waals surface area (Å²) >= 11 is 0. The predicted octanol–water partition coefficient (Wildman–Crippen LogP) is -0.268. The van der Waals surface area contributed by atoms with Gasteiger partial charge in [-0.2, -0.15) is 0 Å². The van der Waals surface area contributed by atoms with Gasteiger partial charge in [0.05, 0.1) is 0 Å². The van der Waals surface area contributed by atoms with Gasteiger partial charge in [0.2, 0.25) is 6.34 Å². The molecule has 2 N–H and O–H groups in total. The van der Waals surface area contributed by atoms with Crippen LogP contribution in [0.1, 0.15) is 20.8 Å². The minimum Gasteiger partial charge on any atom is -0.270 e. The number of allylic oxidation sites excluding steroid dienone is 2. The first-order valence-electron chi connectivity index (χ1n) is 4.35.